The smallest absolute Gasteiger partial charge is 0.341 e. The van der Waals surface area contributed by atoms with E-state index < -0.39 is 22.6 Å². The number of rotatable bonds is 7. The summed E-state index contributed by atoms with van der Waals surface area (Å²) in [6.07, 6.45) is 5.08. The van der Waals surface area contributed by atoms with Gasteiger partial charge < -0.3 is 9.84 Å². The molecule has 1 aliphatic carbocycles. The van der Waals surface area contributed by atoms with Crippen molar-refractivity contribution in [2.24, 2.45) is 0 Å². The van der Waals surface area contributed by atoms with Gasteiger partial charge in [0, 0.05) is 6.54 Å². The molecular formula is C14H17NO5S. The number of aliphatic carboxylic acids is 1. The van der Waals surface area contributed by atoms with Crippen molar-refractivity contribution < 1.29 is 23.1 Å². The quantitative estimate of drug-likeness (QED) is 0.745. The summed E-state index contributed by atoms with van der Waals surface area (Å²) in [5.41, 5.74) is 1.11. The lowest BCUT2D eigenvalue weighted by atomic mass is 10.2. The van der Waals surface area contributed by atoms with Crippen LogP contribution >= 0.6 is 0 Å². The van der Waals surface area contributed by atoms with E-state index in [1.54, 1.807) is 0 Å². The zero-order chi connectivity index (χ0) is 15.3. The van der Waals surface area contributed by atoms with E-state index >= 15 is 0 Å². The second-order valence-electron chi connectivity index (χ2n) is 4.73. The lowest BCUT2D eigenvalue weighted by Crippen LogP contribution is -2.25. The SMILES string of the molecule is O=C(O)COc1ccc(S(=O)(=O)NCC2=CCCC2)cc1. The molecule has 0 heterocycles. The van der Waals surface area contributed by atoms with E-state index in [1.165, 1.54) is 24.3 Å². The first-order chi connectivity index (χ1) is 9.97. The highest BCUT2D eigenvalue weighted by Crippen LogP contribution is 2.19. The average molecular weight is 311 g/mol. The van der Waals surface area contributed by atoms with E-state index in [2.05, 4.69) is 10.8 Å². The molecule has 0 saturated carbocycles. The number of benzene rings is 1. The summed E-state index contributed by atoms with van der Waals surface area (Å²) in [4.78, 5) is 10.5. The first kappa shape index (κ1) is 15.5. The van der Waals surface area contributed by atoms with Gasteiger partial charge in [-0.15, -0.1) is 0 Å². The van der Waals surface area contributed by atoms with Crippen LogP contribution in [0.2, 0.25) is 0 Å². The number of hydrogen-bond donors (Lipinski definition) is 2. The Kier molecular flexibility index (Phi) is 4.98. The minimum absolute atomic E-state index is 0.128. The number of carboxylic acid groups (broad SMARTS) is 1. The van der Waals surface area contributed by atoms with E-state index in [4.69, 9.17) is 9.84 Å². The molecule has 0 amide bonds. The third-order valence-corrected chi connectivity index (χ3v) is 4.54. The Morgan fingerprint density at radius 1 is 1.29 bits per heavy atom. The van der Waals surface area contributed by atoms with Crippen LogP contribution in [0.15, 0.2) is 40.8 Å². The van der Waals surface area contributed by atoms with Crippen molar-refractivity contribution in [3.63, 3.8) is 0 Å². The highest BCUT2D eigenvalue weighted by Gasteiger charge is 2.15. The standard InChI is InChI=1S/C14H17NO5S/c16-14(17)10-20-12-5-7-13(8-6-12)21(18,19)15-9-11-3-1-2-4-11/h3,5-8,15H,1-2,4,9-10H2,(H,16,17). The van der Waals surface area contributed by atoms with E-state index in [1.807, 2.05) is 0 Å². The molecule has 0 atom stereocenters. The molecule has 7 heteroatoms. The predicted molar refractivity (Wildman–Crippen MR) is 76.7 cm³/mol. The molecule has 1 aliphatic rings. The molecule has 1 aromatic rings. The van der Waals surface area contributed by atoms with Crippen molar-refractivity contribution in [2.45, 2.75) is 24.2 Å². The van der Waals surface area contributed by atoms with Crippen molar-refractivity contribution >= 4 is 16.0 Å². The van der Waals surface area contributed by atoms with E-state index in [0.717, 1.165) is 24.8 Å². The monoisotopic (exact) mass is 311 g/mol. The van der Waals surface area contributed by atoms with Crippen LogP contribution in [0.25, 0.3) is 0 Å². The zero-order valence-corrected chi connectivity index (χ0v) is 12.2. The molecule has 0 unspecified atom stereocenters. The fourth-order valence-corrected chi connectivity index (χ4v) is 3.07. The number of carbonyl (C=O) groups is 1. The number of carboxylic acids is 1. The Bertz CT molecular complexity index is 634. The third kappa shape index (κ3) is 4.57. The summed E-state index contributed by atoms with van der Waals surface area (Å²) < 4.78 is 31.7. The molecule has 0 radical (unpaired) electrons. The van der Waals surface area contributed by atoms with Gasteiger partial charge in [-0.1, -0.05) is 11.6 Å². The molecular weight excluding hydrogens is 294 g/mol. The molecule has 0 aliphatic heterocycles. The van der Waals surface area contributed by atoms with Crippen LogP contribution in [0.5, 0.6) is 5.75 Å². The van der Waals surface area contributed by atoms with Crippen LogP contribution < -0.4 is 9.46 Å². The van der Waals surface area contributed by atoms with Crippen molar-refractivity contribution in [3.8, 4) is 5.75 Å². The highest BCUT2D eigenvalue weighted by molar-refractivity contribution is 7.89. The molecule has 1 aromatic carbocycles. The number of hydrogen-bond acceptors (Lipinski definition) is 4. The van der Waals surface area contributed by atoms with Crippen molar-refractivity contribution in [1.29, 1.82) is 0 Å². The maximum Gasteiger partial charge on any atom is 0.341 e. The summed E-state index contributed by atoms with van der Waals surface area (Å²) in [6.45, 7) is -0.127. The molecule has 0 fully saturated rings. The van der Waals surface area contributed by atoms with Crippen molar-refractivity contribution in [2.75, 3.05) is 13.2 Å². The van der Waals surface area contributed by atoms with E-state index in [-0.39, 0.29) is 4.90 Å². The van der Waals surface area contributed by atoms with Gasteiger partial charge in [0.2, 0.25) is 10.0 Å². The van der Waals surface area contributed by atoms with Crippen LogP contribution in [-0.2, 0) is 14.8 Å². The molecule has 0 spiro atoms. The van der Waals surface area contributed by atoms with Gasteiger partial charge in [-0.2, -0.15) is 0 Å². The maximum absolute atomic E-state index is 12.1. The predicted octanol–water partition coefficient (Wildman–Crippen LogP) is 1.54. The second-order valence-corrected chi connectivity index (χ2v) is 6.50. The van der Waals surface area contributed by atoms with Crippen LogP contribution in [0.4, 0.5) is 0 Å². The van der Waals surface area contributed by atoms with Gasteiger partial charge in [-0.25, -0.2) is 17.9 Å². The first-order valence-corrected chi connectivity index (χ1v) is 8.08. The van der Waals surface area contributed by atoms with E-state index in [9.17, 15) is 13.2 Å². The number of ether oxygens (including phenoxy) is 1. The maximum atomic E-state index is 12.1. The van der Waals surface area contributed by atoms with Gasteiger partial charge in [0.1, 0.15) is 5.75 Å². The van der Waals surface area contributed by atoms with E-state index in [0.29, 0.717) is 12.3 Å². The molecule has 0 bridgehead atoms. The molecule has 0 saturated heterocycles. The lowest BCUT2D eigenvalue weighted by molar-refractivity contribution is -0.139. The van der Waals surface area contributed by atoms with Crippen LogP contribution in [0.1, 0.15) is 19.3 Å². The van der Waals surface area contributed by atoms with Crippen LogP contribution in [-0.4, -0.2) is 32.6 Å². The summed E-state index contributed by atoms with van der Waals surface area (Å²) in [6, 6.07) is 5.66. The lowest BCUT2D eigenvalue weighted by Gasteiger charge is -2.08. The molecule has 2 N–H and O–H groups in total. The fourth-order valence-electron chi connectivity index (χ4n) is 2.03. The topological polar surface area (TPSA) is 92.7 Å². The van der Waals surface area contributed by atoms with Crippen LogP contribution in [0.3, 0.4) is 0 Å². The minimum Gasteiger partial charge on any atom is -0.482 e. The normalized spacial score (nSPS) is 14.8. The largest absolute Gasteiger partial charge is 0.482 e. The molecule has 6 nitrogen and oxygen atoms in total. The molecule has 21 heavy (non-hydrogen) atoms. The summed E-state index contributed by atoms with van der Waals surface area (Å²) in [5, 5.41) is 8.50. The first-order valence-electron chi connectivity index (χ1n) is 6.59. The molecule has 2 rings (SSSR count). The van der Waals surface area contributed by atoms with Gasteiger partial charge in [-0.05, 0) is 43.5 Å². The van der Waals surface area contributed by atoms with Gasteiger partial charge >= 0.3 is 5.97 Å². The van der Waals surface area contributed by atoms with Crippen molar-refractivity contribution in [1.82, 2.24) is 4.72 Å². The Morgan fingerprint density at radius 3 is 2.57 bits per heavy atom. The molecule has 114 valence electrons. The number of allylic oxidation sites excluding steroid dienone is 1. The number of nitrogens with one attached hydrogen (secondary N) is 1. The minimum atomic E-state index is -3.56. The highest BCUT2D eigenvalue weighted by atomic mass is 32.2. The van der Waals surface area contributed by atoms with Crippen LogP contribution in [0, 0.1) is 0 Å². The average Bonchev–Trinajstić information content (AvgIpc) is 2.97. The number of sulfonamides is 1. The van der Waals surface area contributed by atoms with Gasteiger partial charge in [0.05, 0.1) is 4.90 Å². The Labute approximate surface area is 123 Å². The summed E-state index contributed by atoms with van der Waals surface area (Å²) in [5.74, 6) is -0.770. The Balaban J connectivity index is 1.97. The molecule has 0 aromatic heterocycles. The third-order valence-electron chi connectivity index (χ3n) is 3.12. The second kappa shape index (κ2) is 6.73. The van der Waals surface area contributed by atoms with Gasteiger partial charge in [-0.3, -0.25) is 0 Å². The summed E-state index contributed by atoms with van der Waals surface area (Å²) in [7, 11) is -3.56. The van der Waals surface area contributed by atoms with Gasteiger partial charge in [0.25, 0.3) is 0 Å². The zero-order valence-electron chi connectivity index (χ0n) is 11.4. The van der Waals surface area contributed by atoms with Gasteiger partial charge in [0.15, 0.2) is 6.61 Å². The summed E-state index contributed by atoms with van der Waals surface area (Å²) >= 11 is 0. The van der Waals surface area contributed by atoms with Crippen molar-refractivity contribution in [3.05, 3.63) is 35.9 Å². The Hall–Kier alpha value is -1.86. The fraction of sp³-hybridized carbons (Fsp3) is 0.357. The Morgan fingerprint density at radius 2 is 2.00 bits per heavy atom.